The first-order valence-corrected chi connectivity index (χ1v) is 9.22. The molecule has 1 aliphatic heterocycles. The highest BCUT2D eigenvalue weighted by molar-refractivity contribution is 6.00. The number of nitrogens with zero attached hydrogens (tertiary/aromatic N) is 3. The Kier molecular flexibility index (Phi) is 5.61. The van der Waals surface area contributed by atoms with Gasteiger partial charge in [0.05, 0.1) is 0 Å². The van der Waals surface area contributed by atoms with Crippen molar-refractivity contribution in [3.8, 4) is 5.75 Å². The molecule has 0 spiro atoms. The first kappa shape index (κ1) is 18.4. The first-order chi connectivity index (χ1) is 12.5. The summed E-state index contributed by atoms with van der Waals surface area (Å²) in [6.07, 6.45) is 5.70. The standard InChI is InChI=1S/C18H26N4O4/c1-12(2)22-16-15(26-11-20-16)14(23)13(18(22)25)17(24)19-7-6-10-21-8-4-3-5-9-21/h11-12,23H,3-10H2,1-2H3,(H,19,24). The fraction of sp³-hybridized carbons (Fsp3) is 0.611. The summed E-state index contributed by atoms with van der Waals surface area (Å²) in [5, 5.41) is 13.1. The van der Waals surface area contributed by atoms with Crippen LogP contribution in [0.25, 0.3) is 11.2 Å². The highest BCUT2D eigenvalue weighted by Gasteiger charge is 2.25. The van der Waals surface area contributed by atoms with Gasteiger partial charge in [-0.15, -0.1) is 0 Å². The molecule has 26 heavy (non-hydrogen) atoms. The van der Waals surface area contributed by atoms with Crippen molar-refractivity contribution in [3.63, 3.8) is 0 Å². The maximum Gasteiger partial charge on any atom is 0.269 e. The summed E-state index contributed by atoms with van der Waals surface area (Å²) in [5.41, 5.74) is -0.561. The molecule has 0 radical (unpaired) electrons. The number of piperidine rings is 1. The molecule has 0 aliphatic carbocycles. The van der Waals surface area contributed by atoms with Crippen molar-refractivity contribution < 1.29 is 14.3 Å². The number of amides is 1. The van der Waals surface area contributed by atoms with Gasteiger partial charge >= 0.3 is 0 Å². The number of hydrogen-bond donors (Lipinski definition) is 2. The quantitative estimate of drug-likeness (QED) is 0.761. The third kappa shape index (κ3) is 3.60. The highest BCUT2D eigenvalue weighted by atomic mass is 16.4. The van der Waals surface area contributed by atoms with Crippen molar-refractivity contribution >= 4 is 17.1 Å². The molecule has 1 fully saturated rings. The van der Waals surface area contributed by atoms with Gasteiger partial charge in [-0.05, 0) is 52.7 Å². The summed E-state index contributed by atoms with van der Waals surface area (Å²) >= 11 is 0. The predicted octanol–water partition coefficient (Wildman–Crippen LogP) is 1.88. The summed E-state index contributed by atoms with van der Waals surface area (Å²) in [7, 11) is 0. The van der Waals surface area contributed by atoms with E-state index in [1.54, 1.807) is 0 Å². The number of nitrogens with one attached hydrogen (secondary N) is 1. The van der Waals surface area contributed by atoms with Crippen LogP contribution in [-0.2, 0) is 0 Å². The van der Waals surface area contributed by atoms with Gasteiger partial charge < -0.3 is 19.7 Å². The monoisotopic (exact) mass is 362 g/mol. The van der Waals surface area contributed by atoms with Crippen molar-refractivity contribution in [3.05, 3.63) is 22.3 Å². The van der Waals surface area contributed by atoms with Gasteiger partial charge in [-0.1, -0.05) is 6.42 Å². The van der Waals surface area contributed by atoms with Crippen molar-refractivity contribution in [2.24, 2.45) is 0 Å². The third-order valence-electron chi connectivity index (χ3n) is 4.79. The van der Waals surface area contributed by atoms with Gasteiger partial charge in [-0.25, -0.2) is 0 Å². The minimum Gasteiger partial charge on any atom is -0.503 e. The van der Waals surface area contributed by atoms with Gasteiger partial charge in [0, 0.05) is 12.6 Å². The van der Waals surface area contributed by atoms with Crippen LogP contribution in [0.5, 0.6) is 5.75 Å². The van der Waals surface area contributed by atoms with Crippen LogP contribution >= 0.6 is 0 Å². The number of fused-ring (bicyclic) bond motifs is 1. The topological polar surface area (TPSA) is 101 Å². The van der Waals surface area contributed by atoms with Gasteiger partial charge in [0.1, 0.15) is 0 Å². The predicted molar refractivity (Wildman–Crippen MR) is 97.6 cm³/mol. The molecular formula is C18H26N4O4. The molecule has 0 atom stereocenters. The minimum atomic E-state index is -0.584. The van der Waals surface area contributed by atoms with E-state index in [1.807, 2.05) is 13.8 Å². The van der Waals surface area contributed by atoms with Crippen molar-refractivity contribution in [1.82, 2.24) is 19.8 Å². The second kappa shape index (κ2) is 7.90. The van der Waals surface area contributed by atoms with Crippen LogP contribution in [0.2, 0.25) is 0 Å². The van der Waals surface area contributed by atoms with Crippen LogP contribution in [0.15, 0.2) is 15.6 Å². The lowest BCUT2D eigenvalue weighted by Gasteiger charge is -2.26. The Labute approximate surface area is 151 Å². The minimum absolute atomic E-state index is 0.0526. The normalized spacial score (nSPS) is 15.7. The van der Waals surface area contributed by atoms with E-state index in [0.29, 0.717) is 6.54 Å². The van der Waals surface area contributed by atoms with E-state index in [9.17, 15) is 14.7 Å². The molecule has 0 bridgehead atoms. The number of oxazole rings is 1. The van der Waals surface area contributed by atoms with Crippen LogP contribution in [0.4, 0.5) is 0 Å². The maximum atomic E-state index is 12.7. The number of hydrogen-bond acceptors (Lipinski definition) is 6. The van der Waals surface area contributed by atoms with E-state index < -0.39 is 17.2 Å². The first-order valence-electron chi connectivity index (χ1n) is 9.22. The summed E-state index contributed by atoms with van der Waals surface area (Å²) in [5.74, 6) is -1.04. The average molecular weight is 362 g/mol. The van der Waals surface area contributed by atoms with Crippen LogP contribution in [-0.4, -0.2) is 51.6 Å². The van der Waals surface area contributed by atoms with E-state index in [-0.39, 0.29) is 22.8 Å². The van der Waals surface area contributed by atoms with Crippen molar-refractivity contribution in [1.29, 1.82) is 0 Å². The van der Waals surface area contributed by atoms with Gasteiger partial charge in [0.2, 0.25) is 5.58 Å². The summed E-state index contributed by atoms with van der Waals surface area (Å²) in [6.45, 7) is 7.21. The van der Waals surface area contributed by atoms with Crippen LogP contribution < -0.4 is 10.9 Å². The highest BCUT2D eigenvalue weighted by Crippen LogP contribution is 2.27. The zero-order valence-corrected chi connectivity index (χ0v) is 15.3. The fourth-order valence-electron chi connectivity index (χ4n) is 3.46. The van der Waals surface area contributed by atoms with E-state index in [1.165, 1.54) is 23.8 Å². The average Bonchev–Trinajstić information content (AvgIpc) is 3.09. The number of aromatic nitrogens is 2. The Morgan fingerprint density at radius 1 is 1.35 bits per heavy atom. The smallest absolute Gasteiger partial charge is 0.269 e. The largest absolute Gasteiger partial charge is 0.503 e. The molecule has 8 nitrogen and oxygen atoms in total. The van der Waals surface area contributed by atoms with Crippen molar-refractivity contribution in [2.45, 2.75) is 45.6 Å². The second-order valence-corrected chi connectivity index (χ2v) is 7.01. The molecule has 2 aromatic rings. The Morgan fingerprint density at radius 3 is 2.77 bits per heavy atom. The summed E-state index contributed by atoms with van der Waals surface area (Å²) < 4.78 is 6.55. The molecule has 0 saturated carbocycles. The molecule has 2 aromatic heterocycles. The lowest BCUT2D eigenvalue weighted by Crippen LogP contribution is -2.36. The zero-order valence-electron chi connectivity index (χ0n) is 15.3. The molecule has 0 aromatic carbocycles. The van der Waals surface area contributed by atoms with E-state index in [0.717, 1.165) is 32.4 Å². The Hall–Kier alpha value is -2.35. The van der Waals surface area contributed by atoms with Crippen LogP contribution in [0.3, 0.4) is 0 Å². The number of likely N-dealkylation sites (tertiary alicyclic amines) is 1. The van der Waals surface area contributed by atoms with Gasteiger partial charge in [-0.2, -0.15) is 4.98 Å². The third-order valence-corrected chi connectivity index (χ3v) is 4.79. The van der Waals surface area contributed by atoms with Gasteiger partial charge in [-0.3, -0.25) is 14.2 Å². The molecule has 0 unspecified atom stereocenters. The lowest BCUT2D eigenvalue weighted by atomic mass is 10.1. The van der Waals surface area contributed by atoms with E-state index >= 15 is 0 Å². The molecule has 3 rings (SSSR count). The molecular weight excluding hydrogens is 336 g/mol. The Bertz CT molecular complexity index is 834. The molecule has 2 N–H and O–H groups in total. The number of pyridine rings is 1. The second-order valence-electron chi connectivity index (χ2n) is 7.01. The van der Waals surface area contributed by atoms with Gasteiger partial charge in [0.15, 0.2) is 23.4 Å². The lowest BCUT2D eigenvalue weighted by molar-refractivity contribution is 0.0946. The molecule has 1 aliphatic rings. The van der Waals surface area contributed by atoms with Gasteiger partial charge in [0.25, 0.3) is 11.5 Å². The fourth-order valence-corrected chi connectivity index (χ4v) is 3.46. The van der Waals surface area contributed by atoms with E-state index in [4.69, 9.17) is 4.42 Å². The SMILES string of the molecule is CC(C)n1c(=O)c(C(=O)NCCCN2CCCCC2)c(O)c2ocnc21. The maximum absolute atomic E-state index is 12.7. The summed E-state index contributed by atoms with van der Waals surface area (Å²) in [6, 6.07) is -0.221. The molecule has 142 valence electrons. The number of carbonyl (C=O) groups is 1. The Morgan fingerprint density at radius 2 is 2.08 bits per heavy atom. The molecule has 3 heterocycles. The van der Waals surface area contributed by atoms with Crippen LogP contribution in [0.1, 0.15) is 55.9 Å². The molecule has 8 heteroatoms. The molecule has 1 saturated heterocycles. The summed E-state index contributed by atoms with van der Waals surface area (Å²) in [4.78, 5) is 31.6. The zero-order chi connectivity index (χ0) is 18.7. The number of carbonyl (C=O) groups excluding carboxylic acids is 1. The van der Waals surface area contributed by atoms with Crippen molar-refractivity contribution in [2.75, 3.05) is 26.2 Å². The van der Waals surface area contributed by atoms with E-state index in [2.05, 4.69) is 15.2 Å². The molecule has 1 amide bonds. The number of rotatable bonds is 6. The van der Waals surface area contributed by atoms with Crippen LogP contribution in [0, 0.1) is 0 Å². The number of aromatic hydroxyl groups is 1. The Balaban J connectivity index is 1.72.